The molecule has 2 rings (SSSR count). The van der Waals surface area contributed by atoms with Gasteiger partial charge >= 0.3 is 0 Å². The second-order valence-electron chi connectivity index (χ2n) is 6.50. The average molecular weight is 420 g/mol. The highest BCUT2D eigenvalue weighted by molar-refractivity contribution is 9.10. The van der Waals surface area contributed by atoms with E-state index in [1.54, 1.807) is 0 Å². The van der Waals surface area contributed by atoms with E-state index in [4.69, 9.17) is 9.47 Å². The number of rotatable bonds is 8. The Balaban J connectivity index is 1.95. The molecule has 5 heteroatoms. The quantitative estimate of drug-likeness (QED) is 0.597. The molecular weight excluding hydrogens is 394 g/mol. The van der Waals surface area contributed by atoms with Gasteiger partial charge in [-0.3, -0.25) is 4.79 Å². The summed E-state index contributed by atoms with van der Waals surface area (Å²) in [4.78, 5) is 12.2. The van der Waals surface area contributed by atoms with Crippen LogP contribution in [0.4, 0.5) is 5.69 Å². The second kappa shape index (κ2) is 9.62. The molecule has 0 saturated heterocycles. The summed E-state index contributed by atoms with van der Waals surface area (Å²) in [5.74, 6) is 1.66. The molecule has 0 unspecified atom stereocenters. The van der Waals surface area contributed by atoms with Crippen LogP contribution in [0.2, 0.25) is 0 Å². The van der Waals surface area contributed by atoms with Crippen LogP contribution in [0.15, 0.2) is 40.9 Å². The molecule has 0 saturated carbocycles. The zero-order valence-electron chi connectivity index (χ0n) is 15.8. The first-order valence-corrected chi connectivity index (χ1v) is 9.65. The third kappa shape index (κ3) is 5.77. The molecule has 0 aliphatic heterocycles. The Labute approximate surface area is 164 Å². The highest BCUT2D eigenvalue weighted by Crippen LogP contribution is 2.32. The molecule has 0 spiro atoms. The lowest BCUT2D eigenvalue weighted by Gasteiger charge is -2.16. The van der Waals surface area contributed by atoms with Crippen molar-refractivity contribution in [1.29, 1.82) is 0 Å². The van der Waals surface area contributed by atoms with Crippen LogP contribution >= 0.6 is 15.9 Å². The van der Waals surface area contributed by atoms with Gasteiger partial charge in [0, 0.05) is 10.2 Å². The van der Waals surface area contributed by atoms with E-state index in [-0.39, 0.29) is 12.5 Å². The number of halogens is 1. The SMILES string of the molecule is CCCOc1ccc(NC(=O)COc2cc(C)c(Br)cc2C(C)C)cc1. The summed E-state index contributed by atoms with van der Waals surface area (Å²) in [5, 5.41) is 2.84. The molecule has 0 aliphatic carbocycles. The summed E-state index contributed by atoms with van der Waals surface area (Å²) >= 11 is 3.55. The molecule has 4 nitrogen and oxygen atoms in total. The van der Waals surface area contributed by atoms with Crippen molar-refractivity contribution in [3.63, 3.8) is 0 Å². The number of benzene rings is 2. The number of anilines is 1. The molecule has 140 valence electrons. The van der Waals surface area contributed by atoms with Gasteiger partial charge in [-0.15, -0.1) is 0 Å². The molecule has 0 aliphatic rings. The Kier molecular flexibility index (Phi) is 7.51. The van der Waals surface area contributed by atoms with Crippen LogP contribution in [0.5, 0.6) is 11.5 Å². The Bertz CT molecular complexity index is 742. The minimum Gasteiger partial charge on any atom is -0.494 e. The minimum absolute atomic E-state index is 0.0329. The van der Waals surface area contributed by atoms with Gasteiger partial charge in [0.2, 0.25) is 0 Å². The van der Waals surface area contributed by atoms with Gasteiger partial charge < -0.3 is 14.8 Å². The summed E-state index contributed by atoms with van der Waals surface area (Å²) in [6, 6.07) is 11.4. The van der Waals surface area contributed by atoms with Crippen LogP contribution in [0.25, 0.3) is 0 Å². The number of nitrogens with one attached hydrogen (secondary N) is 1. The Hall–Kier alpha value is -2.01. The number of aryl methyl sites for hydroxylation is 1. The van der Waals surface area contributed by atoms with Crippen LogP contribution in [-0.4, -0.2) is 19.1 Å². The van der Waals surface area contributed by atoms with Gasteiger partial charge in [0.15, 0.2) is 6.61 Å². The fourth-order valence-corrected chi connectivity index (χ4v) is 2.80. The minimum atomic E-state index is -0.192. The van der Waals surface area contributed by atoms with Crippen LogP contribution < -0.4 is 14.8 Å². The predicted molar refractivity (Wildman–Crippen MR) is 109 cm³/mol. The first-order valence-electron chi connectivity index (χ1n) is 8.86. The zero-order valence-corrected chi connectivity index (χ0v) is 17.4. The van der Waals surface area contributed by atoms with Gasteiger partial charge in [0.1, 0.15) is 11.5 Å². The number of hydrogen-bond acceptors (Lipinski definition) is 3. The van der Waals surface area contributed by atoms with Crippen molar-refractivity contribution in [1.82, 2.24) is 0 Å². The zero-order chi connectivity index (χ0) is 19.1. The first-order chi connectivity index (χ1) is 12.4. The van der Waals surface area contributed by atoms with Gasteiger partial charge in [-0.05, 0) is 66.8 Å². The number of carbonyl (C=O) groups excluding carboxylic acids is 1. The van der Waals surface area contributed by atoms with Crippen LogP contribution in [0.3, 0.4) is 0 Å². The molecular formula is C21H26BrNO3. The molecule has 0 aromatic heterocycles. The largest absolute Gasteiger partial charge is 0.494 e. The van der Waals surface area contributed by atoms with E-state index in [0.29, 0.717) is 12.5 Å². The van der Waals surface area contributed by atoms with Crippen LogP contribution in [0.1, 0.15) is 44.2 Å². The monoisotopic (exact) mass is 419 g/mol. The van der Waals surface area contributed by atoms with Crippen LogP contribution in [0, 0.1) is 6.92 Å². The number of carbonyl (C=O) groups is 1. The summed E-state index contributed by atoms with van der Waals surface area (Å²) in [5.41, 5.74) is 2.87. The molecule has 26 heavy (non-hydrogen) atoms. The summed E-state index contributed by atoms with van der Waals surface area (Å²) in [6.07, 6.45) is 0.962. The number of hydrogen-bond donors (Lipinski definition) is 1. The molecule has 0 bridgehead atoms. The highest BCUT2D eigenvalue weighted by atomic mass is 79.9. The van der Waals surface area contributed by atoms with Gasteiger partial charge in [0.25, 0.3) is 5.91 Å². The molecule has 1 N–H and O–H groups in total. The summed E-state index contributed by atoms with van der Waals surface area (Å²) < 4.78 is 12.4. The van der Waals surface area contributed by atoms with E-state index in [9.17, 15) is 4.79 Å². The Morgan fingerprint density at radius 1 is 1.15 bits per heavy atom. The van der Waals surface area contributed by atoms with E-state index < -0.39 is 0 Å². The van der Waals surface area contributed by atoms with Crippen molar-refractivity contribution in [3.8, 4) is 11.5 Å². The first kappa shape index (κ1) is 20.3. The maximum atomic E-state index is 12.2. The van der Waals surface area contributed by atoms with Crippen LogP contribution in [-0.2, 0) is 4.79 Å². The highest BCUT2D eigenvalue weighted by Gasteiger charge is 2.12. The smallest absolute Gasteiger partial charge is 0.262 e. The lowest BCUT2D eigenvalue weighted by Crippen LogP contribution is -2.20. The fraction of sp³-hybridized carbons (Fsp3) is 0.381. The Morgan fingerprint density at radius 2 is 1.85 bits per heavy atom. The van der Waals surface area contributed by atoms with E-state index in [2.05, 4.69) is 48.1 Å². The summed E-state index contributed by atoms with van der Waals surface area (Å²) in [7, 11) is 0. The molecule has 0 fully saturated rings. The van der Waals surface area contributed by atoms with Gasteiger partial charge in [-0.2, -0.15) is 0 Å². The van der Waals surface area contributed by atoms with Crippen molar-refractivity contribution in [2.75, 3.05) is 18.5 Å². The average Bonchev–Trinajstić information content (AvgIpc) is 2.61. The van der Waals surface area contributed by atoms with Gasteiger partial charge in [-0.1, -0.05) is 36.7 Å². The Morgan fingerprint density at radius 3 is 2.46 bits per heavy atom. The summed E-state index contributed by atoms with van der Waals surface area (Å²) in [6.45, 7) is 8.92. The van der Waals surface area contributed by atoms with Crippen molar-refractivity contribution in [2.45, 2.75) is 40.0 Å². The molecule has 1 amide bonds. The molecule has 0 radical (unpaired) electrons. The number of ether oxygens (including phenoxy) is 2. The van der Waals surface area contributed by atoms with E-state index >= 15 is 0 Å². The normalized spacial score (nSPS) is 10.7. The second-order valence-corrected chi connectivity index (χ2v) is 7.36. The van der Waals surface area contributed by atoms with Crippen molar-refractivity contribution in [3.05, 3.63) is 52.0 Å². The molecule has 0 atom stereocenters. The topological polar surface area (TPSA) is 47.6 Å². The van der Waals surface area contributed by atoms with E-state index in [0.717, 1.165) is 39.2 Å². The molecule has 2 aromatic rings. The molecule has 0 heterocycles. The van der Waals surface area contributed by atoms with E-state index in [1.807, 2.05) is 37.3 Å². The number of amides is 1. The van der Waals surface area contributed by atoms with Crippen molar-refractivity contribution in [2.24, 2.45) is 0 Å². The third-order valence-electron chi connectivity index (χ3n) is 3.88. The van der Waals surface area contributed by atoms with Gasteiger partial charge in [-0.25, -0.2) is 0 Å². The van der Waals surface area contributed by atoms with E-state index in [1.165, 1.54) is 0 Å². The lowest BCUT2D eigenvalue weighted by atomic mass is 10.0. The van der Waals surface area contributed by atoms with Gasteiger partial charge in [0.05, 0.1) is 6.61 Å². The maximum absolute atomic E-state index is 12.2. The van der Waals surface area contributed by atoms with Crippen molar-refractivity contribution >= 4 is 27.5 Å². The molecule has 2 aromatic carbocycles. The fourth-order valence-electron chi connectivity index (χ4n) is 2.44. The van der Waals surface area contributed by atoms with Crippen molar-refractivity contribution < 1.29 is 14.3 Å². The maximum Gasteiger partial charge on any atom is 0.262 e. The lowest BCUT2D eigenvalue weighted by molar-refractivity contribution is -0.118. The standard InChI is InChI=1S/C21H26BrNO3/c1-5-10-25-17-8-6-16(7-9-17)23-21(24)13-26-20-11-15(4)19(22)12-18(20)14(2)3/h6-9,11-12,14H,5,10,13H2,1-4H3,(H,23,24). The third-order valence-corrected chi connectivity index (χ3v) is 4.74. The predicted octanol–water partition coefficient (Wildman–Crippen LogP) is 5.69.